The lowest BCUT2D eigenvalue weighted by Gasteiger charge is -2.21. The highest BCUT2D eigenvalue weighted by Crippen LogP contribution is 2.35. The van der Waals surface area contributed by atoms with Crippen LogP contribution in [-0.2, 0) is 6.54 Å². The van der Waals surface area contributed by atoms with Crippen LogP contribution in [0.15, 0.2) is 47.8 Å². The maximum absolute atomic E-state index is 13.2. The lowest BCUT2D eigenvalue weighted by atomic mass is 10.2. The molecule has 2 aromatic carbocycles. The number of methoxy groups -OCH3 is 2. The Morgan fingerprint density at radius 2 is 1.86 bits per heavy atom. The molecule has 150 valence electrons. The molecule has 0 spiro atoms. The van der Waals surface area contributed by atoms with Crippen LogP contribution in [0.2, 0.25) is 0 Å². The van der Waals surface area contributed by atoms with Gasteiger partial charge in [-0.15, -0.1) is 11.3 Å². The fourth-order valence-corrected chi connectivity index (χ4v) is 3.95. The third kappa shape index (κ3) is 4.24. The minimum absolute atomic E-state index is 0.0974. The summed E-state index contributed by atoms with van der Waals surface area (Å²) < 4.78 is 23.8. The average molecular weight is 412 g/mol. The van der Waals surface area contributed by atoms with Gasteiger partial charge < -0.3 is 14.4 Å². The van der Waals surface area contributed by atoms with Crippen LogP contribution in [0.3, 0.4) is 0 Å². The molecule has 0 N–H and O–H groups in total. The number of thiazole rings is 1. The standard InChI is InChI=1S/C22H21FN2O3S/c1-27-19-10-5-15(11-20(19)28-2)21-24-18(13-29-21)22(26)25(17-8-9-17)12-14-3-6-16(23)7-4-14/h3-7,10-11,13,17H,8-9,12H2,1-2H3. The second-order valence-electron chi connectivity index (χ2n) is 6.90. The van der Waals surface area contributed by atoms with E-state index in [2.05, 4.69) is 4.98 Å². The van der Waals surface area contributed by atoms with Crippen LogP contribution in [0.5, 0.6) is 11.5 Å². The predicted octanol–water partition coefficient (Wildman–Crippen LogP) is 4.77. The van der Waals surface area contributed by atoms with Crippen molar-refractivity contribution in [1.82, 2.24) is 9.88 Å². The van der Waals surface area contributed by atoms with Crippen molar-refractivity contribution >= 4 is 17.2 Å². The largest absolute Gasteiger partial charge is 0.493 e. The Morgan fingerprint density at radius 1 is 1.14 bits per heavy atom. The number of carbonyl (C=O) groups excluding carboxylic acids is 1. The van der Waals surface area contributed by atoms with E-state index in [-0.39, 0.29) is 17.8 Å². The van der Waals surface area contributed by atoms with Gasteiger partial charge in [0.1, 0.15) is 16.5 Å². The number of nitrogens with zero attached hydrogens (tertiary/aromatic N) is 2. The van der Waals surface area contributed by atoms with Gasteiger partial charge in [-0.3, -0.25) is 4.79 Å². The summed E-state index contributed by atoms with van der Waals surface area (Å²) in [5.74, 6) is 0.879. The molecule has 29 heavy (non-hydrogen) atoms. The first kappa shape index (κ1) is 19.4. The molecule has 0 unspecified atom stereocenters. The van der Waals surface area contributed by atoms with Gasteiger partial charge >= 0.3 is 0 Å². The highest BCUT2D eigenvalue weighted by molar-refractivity contribution is 7.13. The first-order valence-electron chi connectivity index (χ1n) is 9.32. The SMILES string of the molecule is COc1ccc(-c2nc(C(=O)N(Cc3ccc(F)cc3)C3CC3)cs2)cc1OC. The van der Waals surface area contributed by atoms with Gasteiger partial charge in [0.25, 0.3) is 5.91 Å². The summed E-state index contributed by atoms with van der Waals surface area (Å²) in [6.07, 6.45) is 1.97. The molecule has 1 fully saturated rings. The third-order valence-electron chi connectivity index (χ3n) is 4.87. The summed E-state index contributed by atoms with van der Waals surface area (Å²) in [5.41, 5.74) is 2.19. The monoisotopic (exact) mass is 412 g/mol. The zero-order chi connectivity index (χ0) is 20.4. The molecule has 1 aliphatic rings. The van der Waals surface area contributed by atoms with E-state index in [1.807, 2.05) is 23.1 Å². The molecule has 0 radical (unpaired) electrons. The lowest BCUT2D eigenvalue weighted by molar-refractivity contribution is 0.0725. The van der Waals surface area contributed by atoms with Crippen LogP contribution in [0.4, 0.5) is 4.39 Å². The summed E-state index contributed by atoms with van der Waals surface area (Å²) >= 11 is 1.42. The smallest absolute Gasteiger partial charge is 0.273 e. The summed E-state index contributed by atoms with van der Waals surface area (Å²) in [5, 5.41) is 2.53. The number of hydrogen-bond donors (Lipinski definition) is 0. The number of hydrogen-bond acceptors (Lipinski definition) is 5. The van der Waals surface area contributed by atoms with Crippen LogP contribution in [-0.4, -0.2) is 36.1 Å². The Hall–Kier alpha value is -2.93. The van der Waals surface area contributed by atoms with Crippen molar-refractivity contribution in [2.45, 2.75) is 25.4 Å². The molecule has 1 saturated carbocycles. The van der Waals surface area contributed by atoms with Crippen molar-refractivity contribution in [3.63, 3.8) is 0 Å². The number of amides is 1. The molecule has 3 aromatic rings. The van der Waals surface area contributed by atoms with Crippen molar-refractivity contribution in [2.24, 2.45) is 0 Å². The summed E-state index contributed by atoms with van der Waals surface area (Å²) in [7, 11) is 3.17. The number of aromatic nitrogens is 1. The molecular weight excluding hydrogens is 391 g/mol. The van der Waals surface area contributed by atoms with Gasteiger partial charge in [0.2, 0.25) is 0 Å². The van der Waals surface area contributed by atoms with Crippen LogP contribution >= 0.6 is 11.3 Å². The fourth-order valence-electron chi connectivity index (χ4n) is 3.16. The number of halogens is 1. The van der Waals surface area contributed by atoms with Gasteiger partial charge in [-0.1, -0.05) is 12.1 Å². The maximum Gasteiger partial charge on any atom is 0.273 e. The van der Waals surface area contributed by atoms with E-state index in [0.717, 1.165) is 29.0 Å². The normalized spacial score (nSPS) is 13.2. The molecule has 1 aliphatic carbocycles. The van der Waals surface area contributed by atoms with Gasteiger partial charge in [0.05, 0.1) is 14.2 Å². The Labute approximate surface area is 172 Å². The minimum atomic E-state index is -0.280. The van der Waals surface area contributed by atoms with Crippen LogP contribution in [0.1, 0.15) is 28.9 Å². The third-order valence-corrected chi connectivity index (χ3v) is 5.76. The van der Waals surface area contributed by atoms with Crippen molar-refractivity contribution in [1.29, 1.82) is 0 Å². The first-order chi connectivity index (χ1) is 14.1. The molecule has 7 heteroatoms. The van der Waals surface area contributed by atoms with E-state index >= 15 is 0 Å². The van der Waals surface area contributed by atoms with Crippen LogP contribution < -0.4 is 9.47 Å². The first-order valence-corrected chi connectivity index (χ1v) is 10.2. The molecule has 0 atom stereocenters. The van der Waals surface area contributed by atoms with Gasteiger partial charge in [-0.25, -0.2) is 9.37 Å². The second kappa shape index (κ2) is 8.21. The Bertz CT molecular complexity index is 1020. The van der Waals surface area contributed by atoms with E-state index in [1.54, 1.807) is 31.7 Å². The number of rotatable bonds is 7. The zero-order valence-corrected chi connectivity index (χ0v) is 17.0. The number of ether oxygens (including phenoxy) is 2. The predicted molar refractivity (Wildman–Crippen MR) is 110 cm³/mol. The molecule has 1 amide bonds. The van der Waals surface area contributed by atoms with Gasteiger partial charge in [-0.2, -0.15) is 0 Å². The van der Waals surface area contributed by atoms with E-state index < -0.39 is 0 Å². The number of benzene rings is 2. The molecule has 1 heterocycles. The molecule has 5 nitrogen and oxygen atoms in total. The quantitative estimate of drug-likeness (QED) is 0.561. The van der Waals surface area contributed by atoms with E-state index in [0.29, 0.717) is 23.7 Å². The van der Waals surface area contributed by atoms with E-state index in [1.165, 1.54) is 23.5 Å². The van der Waals surface area contributed by atoms with Crippen LogP contribution in [0, 0.1) is 5.82 Å². The molecule has 0 aliphatic heterocycles. The zero-order valence-electron chi connectivity index (χ0n) is 16.2. The fraction of sp³-hybridized carbons (Fsp3) is 0.273. The Kier molecular flexibility index (Phi) is 5.49. The van der Waals surface area contributed by atoms with Crippen LogP contribution in [0.25, 0.3) is 10.6 Å². The molecule has 0 saturated heterocycles. The van der Waals surface area contributed by atoms with Gasteiger partial charge in [0, 0.05) is 23.5 Å². The van der Waals surface area contributed by atoms with Crippen molar-refractivity contribution in [3.8, 4) is 22.1 Å². The Balaban J connectivity index is 1.56. The topological polar surface area (TPSA) is 51.7 Å². The molecular formula is C22H21FN2O3S. The van der Waals surface area contributed by atoms with Crippen molar-refractivity contribution < 1.29 is 18.7 Å². The maximum atomic E-state index is 13.2. The minimum Gasteiger partial charge on any atom is -0.493 e. The van der Waals surface area contributed by atoms with E-state index in [4.69, 9.17) is 9.47 Å². The highest BCUT2D eigenvalue weighted by Gasteiger charge is 2.34. The summed E-state index contributed by atoms with van der Waals surface area (Å²) in [6.45, 7) is 0.451. The molecule has 0 bridgehead atoms. The van der Waals surface area contributed by atoms with Gasteiger partial charge in [-0.05, 0) is 48.7 Å². The van der Waals surface area contributed by atoms with E-state index in [9.17, 15) is 9.18 Å². The second-order valence-corrected chi connectivity index (χ2v) is 7.76. The summed E-state index contributed by atoms with van der Waals surface area (Å²) in [4.78, 5) is 19.5. The Morgan fingerprint density at radius 3 is 2.52 bits per heavy atom. The highest BCUT2D eigenvalue weighted by atomic mass is 32.1. The molecule has 4 rings (SSSR count). The molecule has 1 aromatic heterocycles. The lowest BCUT2D eigenvalue weighted by Crippen LogP contribution is -2.32. The summed E-state index contributed by atoms with van der Waals surface area (Å²) in [6, 6.07) is 12.1. The average Bonchev–Trinajstić information content (AvgIpc) is 3.47. The van der Waals surface area contributed by atoms with Crippen molar-refractivity contribution in [3.05, 3.63) is 64.9 Å². The number of carbonyl (C=O) groups is 1. The van der Waals surface area contributed by atoms with Gasteiger partial charge in [0.15, 0.2) is 11.5 Å². The van der Waals surface area contributed by atoms with Crippen molar-refractivity contribution in [2.75, 3.05) is 14.2 Å².